The van der Waals surface area contributed by atoms with Gasteiger partial charge >= 0.3 is 0 Å². The van der Waals surface area contributed by atoms with Gasteiger partial charge in [-0.25, -0.2) is 0 Å². The number of nitrogens with one attached hydrogen (secondary N) is 2. The molecule has 4 fully saturated rings. The fourth-order valence-corrected chi connectivity index (χ4v) is 6.74. The van der Waals surface area contributed by atoms with E-state index in [4.69, 9.17) is 0 Å². The van der Waals surface area contributed by atoms with Crippen LogP contribution in [0.1, 0.15) is 63.5 Å². The van der Waals surface area contributed by atoms with Gasteiger partial charge in [-0.2, -0.15) is 0 Å². The highest BCUT2D eigenvalue weighted by Crippen LogP contribution is 2.60. The van der Waals surface area contributed by atoms with Crippen LogP contribution in [0.3, 0.4) is 0 Å². The Labute approximate surface area is 187 Å². The molecule has 0 aromatic heterocycles. The maximum absolute atomic E-state index is 13.5. The Morgan fingerprint density at radius 3 is 2.06 bits per heavy atom. The number of carbonyl (C=O) groups excluding carboxylic acids is 2. The van der Waals surface area contributed by atoms with E-state index >= 15 is 0 Å². The van der Waals surface area contributed by atoms with Crippen LogP contribution in [0.5, 0.6) is 0 Å². The summed E-state index contributed by atoms with van der Waals surface area (Å²) in [7, 11) is 4.09. The molecule has 2 N–H and O–H groups in total. The van der Waals surface area contributed by atoms with Gasteiger partial charge in [0, 0.05) is 18.5 Å². The average Bonchev–Trinajstić information content (AvgIpc) is 2.69. The lowest BCUT2D eigenvalue weighted by Crippen LogP contribution is -2.58. The second-order valence-electron chi connectivity index (χ2n) is 11.1. The summed E-state index contributed by atoms with van der Waals surface area (Å²) in [5.74, 6) is 2.26. The Hall–Kier alpha value is -1.88. The Bertz CT molecular complexity index is 781. The van der Waals surface area contributed by atoms with Crippen molar-refractivity contribution >= 4 is 11.8 Å². The van der Waals surface area contributed by atoms with Gasteiger partial charge in [0.15, 0.2) is 0 Å². The monoisotopic (exact) mass is 425 g/mol. The zero-order valence-corrected chi connectivity index (χ0v) is 19.6. The quantitative estimate of drug-likeness (QED) is 0.667. The van der Waals surface area contributed by atoms with Crippen LogP contribution in [0.15, 0.2) is 24.3 Å². The molecule has 4 saturated carbocycles. The molecule has 1 atom stereocenters. The summed E-state index contributed by atoms with van der Waals surface area (Å²) in [5, 5.41) is 6.30. The minimum Gasteiger partial charge on any atom is -0.350 e. The smallest absolute Gasteiger partial charge is 0.243 e. The first kappa shape index (κ1) is 22.3. The zero-order valence-electron chi connectivity index (χ0n) is 19.6. The SMILES string of the molecule is CC(C)[C@H](NC(=O)C12CC3CC(CC(C3)C1)C2)C(=O)NCc1ccccc1CN(C)C. The van der Waals surface area contributed by atoms with E-state index in [1.54, 1.807) is 0 Å². The summed E-state index contributed by atoms with van der Waals surface area (Å²) in [6.07, 6.45) is 7.01. The van der Waals surface area contributed by atoms with Crippen molar-refractivity contribution in [3.63, 3.8) is 0 Å². The van der Waals surface area contributed by atoms with Gasteiger partial charge in [0.25, 0.3) is 0 Å². The zero-order chi connectivity index (χ0) is 22.2. The predicted molar refractivity (Wildman–Crippen MR) is 123 cm³/mol. The van der Waals surface area contributed by atoms with Crippen molar-refractivity contribution in [3.05, 3.63) is 35.4 Å². The van der Waals surface area contributed by atoms with E-state index in [0.717, 1.165) is 49.1 Å². The second kappa shape index (κ2) is 8.93. The molecule has 0 spiro atoms. The molecule has 2 amide bonds. The van der Waals surface area contributed by atoms with Gasteiger partial charge in [-0.3, -0.25) is 9.59 Å². The van der Waals surface area contributed by atoms with Gasteiger partial charge in [0.05, 0.1) is 0 Å². The molecule has 31 heavy (non-hydrogen) atoms. The van der Waals surface area contributed by atoms with Gasteiger partial charge < -0.3 is 15.5 Å². The molecule has 4 bridgehead atoms. The molecule has 5 nitrogen and oxygen atoms in total. The summed E-state index contributed by atoms with van der Waals surface area (Å²) < 4.78 is 0. The lowest BCUT2D eigenvalue weighted by atomic mass is 9.49. The number of hydrogen-bond acceptors (Lipinski definition) is 3. The lowest BCUT2D eigenvalue weighted by Gasteiger charge is -2.55. The first-order chi connectivity index (χ1) is 14.8. The lowest BCUT2D eigenvalue weighted by molar-refractivity contribution is -0.149. The van der Waals surface area contributed by atoms with E-state index in [1.165, 1.54) is 24.8 Å². The molecule has 5 rings (SSSR count). The van der Waals surface area contributed by atoms with Crippen LogP contribution in [0.4, 0.5) is 0 Å². The third-order valence-corrected chi connectivity index (χ3v) is 7.81. The Morgan fingerprint density at radius 2 is 1.55 bits per heavy atom. The van der Waals surface area contributed by atoms with Crippen LogP contribution < -0.4 is 10.6 Å². The fraction of sp³-hybridized carbons (Fsp3) is 0.692. The van der Waals surface area contributed by atoms with Crippen molar-refractivity contribution in [1.29, 1.82) is 0 Å². The topological polar surface area (TPSA) is 61.4 Å². The third-order valence-electron chi connectivity index (χ3n) is 7.81. The maximum atomic E-state index is 13.5. The minimum absolute atomic E-state index is 0.0508. The molecular weight excluding hydrogens is 386 g/mol. The van der Waals surface area contributed by atoms with E-state index in [-0.39, 0.29) is 23.1 Å². The van der Waals surface area contributed by atoms with Crippen molar-refractivity contribution in [2.24, 2.45) is 29.1 Å². The highest BCUT2D eigenvalue weighted by Gasteiger charge is 2.55. The summed E-state index contributed by atoms with van der Waals surface area (Å²) in [5.41, 5.74) is 2.12. The van der Waals surface area contributed by atoms with Crippen LogP contribution in [-0.4, -0.2) is 36.9 Å². The number of rotatable bonds is 8. The van der Waals surface area contributed by atoms with Gasteiger partial charge in [-0.1, -0.05) is 38.1 Å². The molecule has 170 valence electrons. The first-order valence-electron chi connectivity index (χ1n) is 12.1. The van der Waals surface area contributed by atoms with Crippen molar-refractivity contribution in [3.8, 4) is 0 Å². The summed E-state index contributed by atoms with van der Waals surface area (Å²) >= 11 is 0. The van der Waals surface area contributed by atoms with E-state index < -0.39 is 6.04 Å². The second-order valence-corrected chi connectivity index (χ2v) is 11.1. The van der Waals surface area contributed by atoms with E-state index in [1.807, 2.05) is 40.1 Å². The summed E-state index contributed by atoms with van der Waals surface area (Å²) in [6, 6.07) is 7.73. The van der Waals surface area contributed by atoms with Gasteiger partial charge in [0.2, 0.25) is 11.8 Å². The highest BCUT2D eigenvalue weighted by molar-refractivity contribution is 5.90. The molecule has 0 unspecified atom stereocenters. The van der Waals surface area contributed by atoms with Crippen LogP contribution in [0.2, 0.25) is 0 Å². The van der Waals surface area contributed by atoms with E-state index in [0.29, 0.717) is 6.54 Å². The molecule has 4 aliphatic carbocycles. The van der Waals surface area contributed by atoms with Crippen LogP contribution >= 0.6 is 0 Å². The Kier molecular flexibility index (Phi) is 6.43. The van der Waals surface area contributed by atoms with Gasteiger partial charge in [0.1, 0.15) is 6.04 Å². The number of hydrogen-bond donors (Lipinski definition) is 2. The fourth-order valence-electron chi connectivity index (χ4n) is 6.74. The standard InChI is InChI=1S/C26H39N3O2/c1-17(2)23(24(30)27-15-21-7-5-6-8-22(21)16-29(3)4)28-25(31)26-12-18-9-19(13-26)11-20(10-18)14-26/h5-8,17-20,23H,9-16H2,1-4H3,(H,27,30)(H,28,31)/t18?,19?,20?,23-,26?/m0/s1. The molecule has 1 aromatic rings. The van der Waals surface area contributed by atoms with Crippen LogP contribution in [0, 0.1) is 29.1 Å². The van der Waals surface area contributed by atoms with Crippen molar-refractivity contribution in [2.45, 2.75) is 71.5 Å². The molecule has 4 aliphatic rings. The Balaban J connectivity index is 1.40. The number of nitrogens with zero attached hydrogens (tertiary/aromatic N) is 1. The van der Waals surface area contributed by atoms with Crippen molar-refractivity contribution < 1.29 is 9.59 Å². The summed E-state index contributed by atoms with van der Waals surface area (Å²) in [6.45, 7) is 5.36. The van der Waals surface area contributed by atoms with Crippen molar-refractivity contribution in [2.75, 3.05) is 14.1 Å². The molecule has 0 aliphatic heterocycles. The van der Waals surface area contributed by atoms with Crippen LogP contribution in [0.25, 0.3) is 0 Å². The normalized spacial score (nSPS) is 29.9. The number of carbonyl (C=O) groups is 2. The predicted octanol–water partition coefficient (Wildman–Crippen LogP) is 3.72. The van der Waals surface area contributed by atoms with Gasteiger partial charge in [-0.15, -0.1) is 0 Å². The number of amides is 2. The largest absolute Gasteiger partial charge is 0.350 e. The molecule has 0 radical (unpaired) electrons. The summed E-state index contributed by atoms with van der Waals surface area (Å²) in [4.78, 5) is 28.7. The number of benzene rings is 1. The molecule has 5 heteroatoms. The highest BCUT2D eigenvalue weighted by atomic mass is 16.2. The minimum atomic E-state index is -0.485. The Morgan fingerprint density at radius 1 is 1.00 bits per heavy atom. The third kappa shape index (κ3) is 4.82. The molecular formula is C26H39N3O2. The molecule has 0 saturated heterocycles. The van der Waals surface area contributed by atoms with Crippen molar-refractivity contribution in [1.82, 2.24) is 15.5 Å². The maximum Gasteiger partial charge on any atom is 0.243 e. The van der Waals surface area contributed by atoms with E-state index in [2.05, 4.69) is 27.7 Å². The molecule has 1 aromatic carbocycles. The van der Waals surface area contributed by atoms with Gasteiger partial charge in [-0.05, 0) is 87.4 Å². The first-order valence-corrected chi connectivity index (χ1v) is 12.1. The average molecular weight is 426 g/mol. The molecule has 0 heterocycles. The van der Waals surface area contributed by atoms with Crippen LogP contribution in [-0.2, 0) is 22.7 Å². The van der Waals surface area contributed by atoms with E-state index in [9.17, 15) is 9.59 Å².